The molecule has 1 fully saturated rings. The molecule has 0 N–H and O–H groups in total. The molecular formula is C16H25NO. The van der Waals surface area contributed by atoms with Gasteiger partial charge in [0.05, 0.1) is 0 Å². The van der Waals surface area contributed by atoms with Crippen LogP contribution in [0.4, 0.5) is 0 Å². The molecule has 0 saturated carbocycles. The molecule has 100 valence electrons. The number of nitrogens with zero attached hydrogens (tertiary/aromatic N) is 1. The van der Waals surface area contributed by atoms with Crippen LogP contribution in [-0.2, 0) is 4.79 Å². The maximum atomic E-state index is 12.0. The standard InChI is InChI=1S/C16H25NO/c1-2-8-17-9-4-6-13-10-14-12(11-15(13)17)5-3-7-16(14)18/h13,15H,2-11H2,1H3/t13-,15+/m0/s1. The minimum Gasteiger partial charge on any atom is -0.300 e. The van der Waals surface area contributed by atoms with E-state index < -0.39 is 0 Å². The summed E-state index contributed by atoms with van der Waals surface area (Å²) in [6.07, 6.45) is 9.34. The summed E-state index contributed by atoms with van der Waals surface area (Å²) in [5.74, 6) is 1.24. The molecule has 18 heavy (non-hydrogen) atoms. The highest BCUT2D eigenvalue weighted by Crippen LogP contribution is 2.42. The Balaban J connectivity index is 1.81. The van der Waals surface area contributed by atoms with E-state index >= 15 is 0 Å². The van der Waals surface area contributed by atoms with Crippen LogP contribution in [0.1, 0.15) is 58.3 Å². The normalized spacial score (nSPS) is 33.3. The number of fused-ring (bicyclic) bond motifs is 1. The Bertz CT molecular complexity index is 369. The van der Waals surface area contributed by atoms with E-state index in [0.717, 1.165) is 31.2 Å². The molecule has 2 atom stereocenters. The van der Waals surface area contributed by atoms with Crippen LogP contribution in [0.25, 0.3) is 0 Å². The maximum absolute atomic E-state index is 12.0. The average molecular weight is 247 g/mol. The van der Waals surface area contributed by atoms with E-state index in [-0.39, 0.29) is 0 Å². The summed E-state index contributed by atoms with van der Waals surface area (Å²) in [7, 11) is 0. The molecule has 0 spiro atoms. The van der Waals surface area contributed by atoms with Crippen LogP contribution in [0.5, 0.6) is 0 Å². The van der Waals surface area contributed by atoms with Gasteiger partial charge in [-0.3, -0.25) is 9.69 Å². The Morgan fingerprint density at radius 3 is 2.94 bits per heavy atom. The summed E-state index contributed by atoms with van der Waals surface area (Å²) in [5, 5.41) is 0. The number of likely N-dealkylation sites (tertiary alicyclic amines) is 1. The molecule has 1 heterocycles. The fraction of sp³-hybridized carbons (Fsp3) is 0.812. The summed E-state index contributed by atoms with van der Waals surface area (Å²) >= 11 is 0. The Hall–Kier alpha value is -0.630. The van der Waals surface area contributed by atoms with Crippen molar-refractivity contribution < 1.29 is 4.79 Å². The lowest BCUT2D eigenvalue weighted by Crippen LogP contribution is -2.48. The van der Waals surface area contributed by atoms with E-state index in [0.29, 0.717) is 5.78 Å². The van der Waals surface area contributed by atoms with E-state index in [4.69, 9.17) is 0 Å². The first kappa shape index (κ1) is 12.4. The first-order chi connectivity index (χ1) is 8.79. The monoisotopic (exact) mass is 247 g/mol. The van der Waals surface area contributed by atoms with Gasteiger partial charge in [-0.1, -0.05) is 12.5 Å². The van der Waals surface area contributed by atoms with Crippen molar-refractivity contribution in [3.8, 4) is 0 Å². The molecule has 0 unspecified atom stereocenters. The fourth-order valence-corrected chi connectivity index (χ4v) is 4.27. The van der Waals surface area contributed by atoms with Crippen LogP contribution in [0.2, 0.25) is 0 Å². The molecule has 0 aromatic carbocycles. The van der Waals surface area contributed by atoms with Crippen molar-refractivity contribution in [2.75, 3.05) is 13.1 Å². The van der Waals surface area contributed by atoms with E-state index in [1.54, 1.807) is 0 Å². The van der Waals surface area contributed by atoms with Gasteiger partial charge in [0.15, 0.2) is 5.78 Å². The predicted molar refractivity (Wildman–Crippen MR) is 73.5 cm³/mol. The number of allylic oxidation sites excluding steroid dienone is 1. The number of hydrogen-bond donors (Lipinski definition) is 0. The smallest absolute Gasteiger partial charge is 0.158 e. The molecule has 0 aromatic rings. The summed E-state index contributed by atoms with van der Waals surface area (Å²) in [4.78, 5) is 14.7. The molecule has 0 amide bonds. The zero-order chi connectivity index (χ0) is 12.5. The molecule has 2 nitrogen and oxygen atoms in total. The van der Waals surface area contributed by atoms with E-state index in [2.05, 4.69) is 11.8 Å². The van der Waals surface area contributed by atoms with Gasteiger partial charge in [-0.15, -0.1) is 0 Å². The van der Waals surface area contributed by atoms with Crippen LogP contribution in [0, 0.1) is 5.92 Å². The largest absolute Gasteiger partial charge is 0.300 e. The second-order valence-electron chi connectivity index (χ2n) is 6.27. The fourth-order valence-electron chi connectivity index (χ4n) is 4.27. The van der Waals surface area contributed by atoms with Crippen molar-refractivity contribution in [2.24, 2.45) is 5.92 Å². The minimum absolute atomic E-state index is 0.474. The topological polar surface area (TPSA) is 20.3 Å². The van der Waals surface area contributed by atoms with Gasteiger partial charge >= 0.3 is 0 Å². The number of ketones is 1. The molecule has 0 bridgehead atoms. The summed E-state index contributed by atoms with van der Waals surface area (Å²) in [6, 6.07) is 0.753. The predicted octanol–water partition coefficient (Wildman–Crippen LogP) is 3.32. The number of hydrogen-bond acceptors (Lipinski definition) is 2. The third-order valence-electron chi connectivity index (χ3n) is 5.11. The Kier molecular flexibility index (Phi) is 3.56. The molecular weight excluding hydrogens is 222 g/mol. The molecule has 2 aliphatic carbocycles. The van der Waals surface area contributed by atoms with E-state index in [9.17, 15) is 4.79 Å². The van der Waals surface area contributed by atoms with Crippen LogP contribution in [-0.4, -0.2) is 29.8 Å². The zero-order valence-electron chi connectivity index (χ0n) is 11.6. The summed E-state index contributed by atoms with van der Waals surface area (Å²) in [5.41, 5.74) is 2.77. The van der Waals surface area contributed by atoms with Gasteiger partial charge in [-0.25, -0.2) is 0 Å². The molecule has 0 radical (unpaired) electrons. The van der Waals surface area contributed by atoms with Crippen LogP contribution in [0.15, 0.2) is 11.1 Å². The van der Waals surface area contributed by atoms with Gasteiger partial charge in [0.1, 0.15) is 0 Å². The van der Waals surface area contributed by atoms with Gasteiger partial charge in [0.25, 0.3) is 0 Å². The van der Waals surface area contributed by atoms with Crippen molar-refractivity contribution in [1.82, 2.24) is 4.90 Å². The SMILES string of the molecule is CCCN1CCC[C@H]2CC3=C(CCCC3=O)C[C@H]21. The molecule has 0 aromatic heterocycles. The number of rotatable bonds is 2. The molecule has 2 heteroatoms. The number of carbonyl (C=O) groups is 1. The van der Waals surface area contributed by atoms with Crippen molar-refractivity contribution in [3.63, 3.8) is 0 Å². The first-order valence-corrected chi connectivity index (χ1v) is 7.77. The lowest BCUT2D eigenvalue weighted by atomic mass is 9.71. The molecule has 1 aliphatic heterocycles. The van der Waals surface area contributed by atoms with E-state index in [1.165, 1.54) is 56.3 Å². The van der Waals surface area contributed by atoms with Crippen molar-refractivity contribution in [1.29, 1.82) is 0 Å². The van der Waals surface area contributed by atoms with Crippen LogP contribution < -0.4 is 0 Å². The van der Waals surface area contributed by atoms with Crippen molar-refractivity contribution in [2.45, 2.75) is 64.3 Å². The number of carbonyl (C=O) groups excluding carboxylic acids is 1. The van der Waals surface area contributed by atoms with Gasteiger partial charge < -0.3 is 0 Å². The van der Waals surface area contributed by atoms with Crippen LogP contribution >= 0.6 is 0 Å². The molecule has 3 aliphatic rings. The number of Topliss-reactive ketones (excluding diaryl/α,β-unsaturated/α-hetero) is 1. The van der Waals surface area contributed by atoms with Crippen molar-refractivity contribution >= 4 is 5.78 Å². The molecule has 1 saturated heterocycles. The third-order valence-corrected chi connectivity index (χ3v) is 5.11. The Morgan fingerprint density at radius 2 is 2.11 bits per heavy atom. The van der Waals surface area contributed by atoms with Gasteiger partial charge in [0, 0.05) is 12.5 Å². The first-order valence-electron chi connectivity index (χ1n) is 7.77. The Labute approximate surface area is 110 Å². The summed E-state index contributed by atoms with van der Waals surface area (Å²) in [6.45, 7) is 4.81. The second-order valence-corrected chi connectivity index (χ2v) is 6.27. The lowest BCUT2D eigenvalue weighted by Gasteiger charge is -2.46. The average Bonchev–Trinajstić information content (AvgIpc) is 2.38. The highest BCUT2D eigenvalue weighted by Gasteiger charge is 2.38. The highest BCUT2D eigenvalue weighted by molar-refractivity contribution is 5.97. The minimum atomic E-state index is 0.474. The molecule has 3 rings (SSSR count). The third kappa shape index (κ3) is 2.16. The maximum Gasteiger partial charge on any atom is 0.158 e. The number of piperidine rings is 1. The van der Waals surface area contributed by atoms with Crippen LogP contribution in [0.3, 0.4) is 0 Å². The second kappa shape index (κ2) is 5.16. The van der Waals surface area contributed by atoms with Gasteiger partial charge in [-0.05, 0) is 69.5 Å². The van der Waals surface area contributed by atoms with E-state index in [1.807, 2.05) is 0 Å². The quantitative estimate of drug-likeness (QED) is 0.746. The lowest BCUT2D eigenvalue weighted by molar-refractivity contribution is -0.116. The Morgan fingerprint density at radius 1 is 1.22 bits per heavy atom. The van der Waals surface area contributed by atoms with Gasteiger partial charge in [0.2, 0.25) is 0 Å². The van der Waals surface area contributed by atoms with Gasteiger partial charge in [-0.2, -0.15) is 0 Å². The van der Waals surface area contributed by atoms with Crippen molar-refractivity contribution in [3.05, 3.63) is 11.1 Å². The zero-order valence-corrected chi connectivity index (χ0v) is 11.6. The highest BCUT2D eigenvalue weighted by atomic mass is 16.1. The summed E-state index contributed by atoms with van der Waals surface area (Å²) < 4.78 is 0.